The monoisotopic (exact) mass is 350 g/mol. The highest BCUT2D eigenvalue weighted by molar-refractivity contribution is 6.38. The van der Waals surface area contributed by atoms with Crippen LogP contribution in [0.1, 0.15) is 18.2 Å². The minimum atomic E-state index is -4.41. The van der Waals surface area contributed by atoms with Gasteiger partial charge < -0.3 is 15.2 Å². The molecule has 0 radical (unpaired) electrons. The third kappa shape index (κ3) is 3.67. The van der Waals surface area contributed by atoms with Crippen LogP contribution in [0.5, 0.6) is 0 Å². The van der Waals surface area contributed by atoms with Crippen molar-refractivity contribution >= 4 is 22.6 Å². The maximum atomic E-state index is 12.7. The van der Waals surface area contributed by atoms with E-state index in [4.69, 9.17) is 0 Å². The number of halogens is 3. The average molecular weight is 350 g/mol. The van der Waals surface area contributed by atoms with Crippen molar-refractivity contribution in [3.05, 3.63) is 47.3 Å². The second-order valence-corrected chi connectivity index (χ2v) is 6.07. The lowest BCUT2D eigenvalue weighted by molar-refractivity contribution is -0.140. The molecule has 0 spiro atoms. The largest absolute Gasteiger partial charge is 0.431 e. The number of likely N-dealkylation sites (N-methyl/N-ethyl adjacent to an activating group) is 1. The Morgan fingerprint density at radius 3 is 2.80 bits per heavy atom. The summed E-state index contributed by atoms with van der Waals surface area (Å²) in [5.74, 6) is -0.0101. The van der Waals surface area contributed by atoms with Gasteiger partial charge in [0.05, 0.1) is 0 Å². The van der Waals surface area contributed by atoms with Crippen LogP contribution in [0.15, 0.2) is 41.0 Å². The zero-order valence-corrected chi connectivity index (χ0v) is 13.7. The molecule has 2 aromatic rings. The summed E-state index contributed by atoms with van der Waals surface area (Å²) in [5.41, 5.74) is 1.38. The molecule has 8 heteroatoms. The lowest BCUT2D eigenvalue weighted by Gasteiger charge is -2.23. The fraction of sp³-hybridized carbons (Fsp3) is 0.294. The zero-order valence-electron chi connectivity index (χ0n) is 13.7. The standard InChI is InChI=1S/C17H17F3N4O/c1-10-7-21-15(24(2)9-10)16(25)22-8-11-3-4-13-12(5-11)6-14(23-13)17(18,19)20/h3-7,23H,8-9H2,1-2H3,(H,22,25). The van der Waals surface area contributed by atoms with Gasteiger partial charge >= 0.3 is 6.18 Å². The van der Waals surface area contributed by atoms with E-state index in [0.717, 1.165) is 11.6 Å². The molecule has 0 saturated heterocycles. The Labute approximate surface area is 142 Å². The van der Waals surface area contributed by atoms with Crippen molar-refractivity contribution in [2.24, 2.45) is 4.99 Å². The molecule has 1 amide bonds. The summed E-state index contributed by atoms with van der Waals surface area (Å²) in [7, 11) is 1.78. The van der Waals surface area contributed by atoms with Crippen LogP contribution in [-0.4, -0.2) is 35.2 Å². The number of aromatic nitrogens is 1. The number of amides is 1. The summed E-state index contributed by atoms with van der Waals surface area (Å²) >= 11 is 0. The Hall–Kier alpha value is -2.77. The van der Waals surface area contributed by atoms with Crippen LogP contribution in [0.25, 0.3) is 10.9 Å². The fourth-order valence-electron chi connectivity index (χ4n) is 2.70. The lowest BCUT2D eigenvalue weighted by atomic mass is 10.1. The first kappa shape index (κ1) is 17.1. The van der Waals surface area contributed by atoms with E-state index in [1.807, 2.05) is 6.92 Å². The van der Waals surface area contributed by atoms with Gasteiger partial charge in [0.25, 0.3) is 5.91 Å². The smallest absolute Gasteiger partial charge is 0.351 e. The number of benzene rings is 1. The maximum absolute atomic E-state index is 12.7. The summed E-state index contributed by atoms with van der Waals surface area (Å²) in [6.07, 6.45) is -2.76. The van der Waals surface area contributed by atoms with Crippen molar-refractivity contribution in [2.45, 2.75) is 19.6 Å². The number of rotatable bonds is 3. The highest BCUT2D eigenvalue weighted by Crippen LogP contribution is 2.31. The molecule has 1 aromatic heterocycles. The van der Waals surface area contributed by atoms with Gasteiger partial charge in [-0.2, -0.15) is 13.2 Å². The molecule has 25 heavy (non-hydrogen) atoms. The van der Waals surface area contributed by atoms with Gasteiger partial charge in [0, 0.05) is 37.2 Å². The summed E-state index contributed by atoms with van der Waals surface area (Å²) in [5, 5.41) is 3.19. The van der Waals surface area contributed by atoms with E-state index in [2.05, 4.69) is 15.3 Å². The average Bonchev–Trinajstić information content (AvgIpc) is 2.96. The highest BCUT2D eigenvalue weighted by Gasteiger charge is 2.32. The number of nitrogens with one attached hydrogen (secondary N) is 2. The number of aromatic amines is 1. The molecule has 2 N–H and O–H groups in total. The van der Waals surface area contributed by atoms with Gasteiger partial charge in [-0.05, 0) is 36.3 Å². The van der Waals surface area contributed by atoms with Crippen LogP contribution >= 0.6 is 0 Å². The minimum Gasteiger partial charge on any atom is -0.351 e. The van der Waals surface area contributed by atoms with Gasteiger partial charge in [-0.1, -0.05) is 6.07 Å². The van der Waals surface area contributed by atoms with Crippen LogP contribution in [0.3, 0.4) is 0 Å². The van der Waals surface area contributed by atoms with Gasteiger partial charge in [0.15, 0.2) is 5.84 Å². The summed E-state index contributed by atoms with van der Waals surface area (Å²) in [4.78, 5) is 20.4. The number of H-pyrrole nitrogens is 1. The SMILES string of the molecule is CC1=CN=C(C(=O)NCc2ccc3[nH]c(C(F)(F)F)cc3c2)N(C)C1. The normalized spacial score (nSPS) is 15.2. The molecule has 0 aliphatic carbocycles. The van der Waals surface area contributed by atoms with Crippen molar-refractivity contribution in [3.8, 4) is 0 Å². The first-order chi connectivity index (χ1) is 11.7. The maximum Gasteiger partial charge on any atom is 0.431 e. The highest BCUT2D eigenvalue weighted by atomic mass is 19.4. The first-order valence-corrected chi connectivity index (χ1v) is 7.65. The molecule has 2 heterocycles. The minimum absolute atomic E-state index is 0.205. The van der Waals surface area contributed by atoms with Gasteiger partial charge in [-0.3, -0.25) is 4.79 Å². The number of hydrogen-bond acceptors (Lipinski definition) is 3. The number of amidine groups is 1. The molecular formula is C17H17F3N4O. The Bertz CT molecular complexity index is 880. The summed E-state index contributed by atoms with van der Waals surface area (Å²) < 4.78 is 38.2. The van der Waals surface area contributed by atoms with E-state index in [0.29, 0.717) is 28.8 Å². The molecule has 1 aliphatic rings. The predicted molar refractivity (Wildman–Crippen MR) is 89.0 cm³/mol. The van der Waals surface area contributed by atoms with E-state index in [-0.39, 0.29) is 12.5 Å². The Kier molecular flexibility index (Phi) is 4.28. The molecule has 0 unspecified atom stereocenters. The fourth-order valence-corrected chi connectivity index (χ4v) is 2.70. The molecule has 0 bridgehead atoms. The van der Waals surface area contributed by atoms with E-state index in [9.17, 15) is 18.0 Å². The number of hydrogen-bond donors (Lipinski definition) is 2. The van der Waals surface area contributed by atoms with Gasteiger partial charge in [-0.25, -0.2) is 4.99 Å². The number of carbonyl (C=O) groups is 1. The topological polar surface area (TPSA) is 60.5 Å². The third-order valence-electron chi connectivity index (χ3n) is 3.90. The van der Waals surface area contributed by atoms with Crippen LogP contribution in [0, 0.1) is 0 Å². The number of aliphatic imine (C=N–C) groups is 1. The Morgan fingerprint density at radius 2 is 2.12 bits per heavy atom. The van der Waals surface area contributed by atoms with Crippen LogP contribution in [0.4, 0.5) is 13.2 Å². The van der Waals surface area contributed by atoms with E-state index in [1.54, 1.807) is 36.3 Å². The van der Waals surface area contributed by atoms with Crippen molar-refractivity contribution in [1.82, 2.24) is 15.2 Å². The molecule has 0 saturated carbocycles. The first-order valence-electron chi connectivity index (χ1n) is 7.65. The van der Waals surface area contributed by atoms with Crippen molar-refractivity contribution in [3.63, 3.8) is 0 Å². The molecule has 132 valence electrons. The molecule has 1 aromatic carbocycles. The number of carbonyl (C=O) groups excluding carboxylic acids is 1. The Morgan fingerprint density at radius 1 is 1.36 bits per heavy atom. The number of fused-ring (bicyclic) bond motifs is 1. The van der Waals surface area contributed by atoms with Crippen LogP contribution in [0.2, 0.25) is 0 Å². The van der Waals surface area contributed by atoms with E-state index >= 15 is 0 Å². The number of nitrogens with zero attached hydrogens (tertiary/aromatic N) is 2. The van der Waals surface area contributed by atoms with Crippen LogP contribution < -0.4 is 5.32 Å². The molecule has 0 fully saturated rings. The van der Waals surface area contributed by atoms with Crippen molar-refractivity contribution in [1.29, 1.82) is 0 Å². The summed E-state index contributed by atoms with van der Waals surface area (Å²) in [6, 6.07) is 5.93. The quantitative estimate of drug-likeness (QED) is 0.894. The molecule has 0 atom stereocenters. The second kappa shape index (κ2) is 6.27. The van der Waals surface area contributed by atoms with Crippen molar-refractivity contribution < 1.29 is 18.0 Å². The second-order valence-electron chi connectivity index (χ2n) is 6.07. The molecule has 5 nitrogen and oxygen atoms in total. The van der Waals surface area contributed by atoms with Crippen molar-refractivity contribution in [2.75, 3.05) is 13.6 Å². The third-order valence-corrected chi connectivity index (χ3v) is 3.90. The molecular weight excluding hydrogens is 333 g/mol. The Balaban J connectivity index is 1.72. The van der Waals surface area contributed by atoms with E-state index in [1.165, 1.54) is 0 Å². The lowest BCUT2D eigenvalue weighted by Crippen LogP contribution is -2.42. The van der Waals surface area contributed by atoms with E-state index < -0.39 is 11.9 Å². The van der Waals surface area contributed by atoms with Crippen LogP contribution in [-0.2, 0) is 17.5 Å². The molecule has 1 aliphatic heterocycles. The number of alkyl halides is 3. The van der Waals surface area contributed by atoms with Gasteiger partial charge in [0.1, 0.15) is 5.69 Å². The summed E-state index contributed by atoms with van der Waals surface area (Å²) in [6.45, 7) is 2.76. The molecule has 3 rings (SSSR count). The van der Waals surface area contributed by atoms with Gasteiger partial charge in [-0.15, -0.1) is 0 Å². The predicted octanol–water partition coefficient (Wildman–Crippen LogP) is 3.05. The zero-order chi connectivity index (χ0) is 18.2. The van der Waals surface area contributed by atoms with Gasteiger partial charge in [0.2, 0.25) is 0 Å².